The van der Waals surface area contributed by atoms with Crippen LogP contribution < -0.4 is 15.5 Å². The molecule has 2 aliphatic heterocycles. The normalized spacial score (nSPS) is 15.9. The van der Waals surface area contributed by atoms with E-state index in [-0.39, 0.29) is 27.6 Å². The highest BCUT2D eigenvalue weighted by atomic mass is 32.2. The predicted molar refractivity (Wildman–Crippen MR) is 161 cm³/mol. The SMILES string of the molecule is COC(=O)c1sccc1S(=O)(=O)N(Cc1ccc(C=C2C(=O)NC(=O)NC2=O)cc1)C1CCN(c2ccc([N+](=O)[O-])cn2)CC1. The van der Waals surface area contributed by atoms with Crippen LogP contribution in [0.1, 0.15) is 33.6 Å². The number of esters is 1. The van der Waals surface area contributed by atoms with Crippen molar-refractivity contribution in [3.63, 3.8) is 0 Å². The number of amides is 4. The lowest BCUT2D eigenvalue weighted by molar-refractivity contribution is -0.385. The Morgan fingerprint density at radius 2 is 1.78 bits per heavy atom. The summed E-state index contributed by atoms with van der Waals surface area (Å²) in [6.45, 7) is 0.799. The van der Waals surface area contributed by atoms with Gasteiger partial charge in [-0.15, -0.1) is 11.3 Å². The number of carbonyl (C=O) groups is 4. The summed E-state index contributed by atoms with van der Waals surface area (Å²) in [5, 5.41) is 16.5. The Bertz CT molecular complexity index is 1770. The lowest BCUT2D eigenvalue weighted by Gasteiger charge is -2.38. The van der Waals surface area contributed by atoms with Gasteiger partial charge in [0, 0.05) is 31.7 Å². The van der Waals surface area contributed by atoms with Gasteiger partial charge < -0.3 is 9.64 Å². The number of ether oxygens (including phenoxy) is 1. The van der Waals surface area contributed by atoms with Gasteiger partial charge in [0.1, 0.15) is 27.4 Å². The topological polar surface area (TPSA) is 198 Å². The second-order valence-electron chi connectivity index (χ2n) is 10.0. The molecule has 45 heavy (non-hydrogen) atoms. The van der Waals surface area contributed by atoms with E-state index in [4.69, 9.17) is 4.74 Å². The predicted octanol–water partition coefficient (Wildman–Crippen LogP) is 2.45. The number of sulfonamides is 1. The lowest BCUT2D eigenvalue weighted by Crippen LogP contribution is -2.51. The van der Waals surface area contributed by atoms with Crippen LogP contribution in [-0.2, 0) is 30.9 Å². The standard InChI is InChI=1S/C28H26N6O9S2/c1-43-27(37)24-22(10-13-44-24)45(41,42)33(19-8-11-32(12-9-19)23-7-6-20(15-29-23)34(39)40)16-18-4-2-17(3-5-18)14-21-25(35)30-28(38)31-26(21)36/h2-7,10,13-15,19H,8-9,11-12,16H2,1H3,(H2,30,31,35,36,38). The van der Waals surface area contributed by atoms with Crippen molar-refractivity contribution in [1.29, 1.82) is 0 Å². The Morgan fingerprint density at radius 1 is 1.11 bits per heavy atom. The molecule has 4 amide bonds. The highest BCUT2D eigenvalue weighted by Gasteiger charge is 2.37. The number of nitro groups is 1. The molecule has 0 atom stereocenters. The van der Waals surface area contributed by atoms with Gasteiger partial charge in [-0.1, -0.05) is 24.3 Å². The van der Waals surface area contributed by atoms with E-state index < -0.39 is 44.8 Å². The molecule has 2 N–H and O–H groups in total. The van der Waals surface area contributed by atoms with Gasteiger partial charge in [0.15, 0.2) is 0 Å². The van der Waals surface area contributed by atoms with Gasteiger partial charge in [-0.2, -0.15) is 4.31 Å². The molecule has 1 aromatic carbocycles. The monoisotopic (exact) mass is 654 g/mol. The molecule has 2 fully saturated rings. The molecule has 5 rings (SSSR count). The fraction of sp³-hybridized carbons (Fsp3) is 0.250. The molecule has 0 radical (unpaired) electrons. The Kier molecular flexibility index (Phi) is 9.03. The summed E-state index contributed by atoms with van der Waals surface area (Å²) in [4.78, 5) is 64.3. The van der Waals surface area contributed by atoms with Crippen LogP contribution >= 0.6 is 11.3 Å². The quantitative estimate of drug-likeness (QED) is 0.113. The average Bonchev–Trinajstić information content (AvgIpc) is 3.53. The third-order valence-corrected chi connectivity index (χ3v) is 10.3. The molecule has 2 saturated heterocycles. The Balaban J connectivity index is 1.40. The van der Waals surface area contributed by atoms with Gasteiger partial charge in [0.2, 0.25) is 10.0 Å². The van der Waals surface area contributed by atoms with Crippen molar-refractivity contribution in [2.75, 3.05) is 25.1 Å². The number of nitrogens with zero attached hydrogens (tertiary/aromatic N) is 4. The molecule has 17 heteroatoms. The highest BCUT2D eigenvalue weighted by molar-refractivity contribution is 7.89. The number of imide groups is 2. The first-order chi connectivity index (χ1) is 21.5. The van der Waals surface area contributed by atoms with Crippen molar-refractivity contribution >= 4 is 62.8 Å². The maximum atomic E-state index is 14.1. The lowest BCUT2D eigenvalue weighted by atomic mass is 10.0. The summed E-state index contributed by atoms with van der Waals surface area (Å²) in [5.41, 5.74) is 0.680. The maximum absolute atomic E-state index is 14.1. The van der Waals surface area contributed by atoms with E-state index in [1.165, 1.54) is 41.2 Å². The minimum absolute atomic E-state index is 0.0421. The van der Waals surface area contributed by atoms with Crippen LogP contribution in [-0.4, -0.2) is 72.7 Å². The number of carbonyl (C=O) groups excluding carboxylic acids is 4. The van der Waals surface area contributed by atoms with Crippen molar-refractivity contribution in [3.05, 3.63) is 85.7 Å². The van der Waals surface area contributed by atoms with Gasteiger partial charge in [0.25, 0.3) is 17.5 Å². The van der Waals surface area contributed by atoms with Crippen LogP contribution in [0.25, 0.3) is 6.08 Å². The van der Waals surface area contributed by atoms with Crippen molar-refractivity contribution in [3.8, 4) is 0 Å². The van der Waals surface area contributed by atoms with E-state index in [2.05, 4.69) is 4.98 Å². The third-order valence-electron chi connectivity index (χ3n) is 7.30. The number of hydrogen-bond donors (Lipinski definition) is 2. The van der Waals surface area contributed by atoms with E-state index in [9.17, 15) is 37.7 Å². The van der Waals surface area contributed by atoms with Crippen molar-refractivity contribution in [2.45, 2.75) is 30.3 Å². The average molecular weight is 655 g/mol. The molecule has 0 spiro atoms. The van der Waals surface area contributed by atoms with Crippen LogP contribution in [0.15, 0.2) is 64.5 Å². The van der Waals surface area contributed by atoms with Crippen LogP contribution in [0, 0.1) is 10.1 Å². The van der Waals surface area contributed by atoms with Gasteiger partial charge >= 0.3 is 12.0 Å². The summed E-state index contributed by atoms with van der Waals surface area (Å²) < 4.78 is 34.4. The number of pyridine rings is 1. The molecule has 234 valence electrons. The molecule has 0 unspecified atom stereocenters. The fourth-order valence-corrected chi connectivity index (χ4v) is 7.99. The summed E-state index contributed by atoms with van der Waals surface area (Å²) in [5.74, 6) is -1.90. The number of hydrogen-bond acceptors (Lipinski definition) is 12. The van der Waals surface area contributed by atoms with Gasteiger partial charge in [-0.3, -0.25) is 30.3 Å². The van der Waals surface area contributed by atoms with E-state index in [1.54, 1.807) is 30.3 Å². The summed E-state index contributed by atoms with van der Waals surface area (Å²) in [6, 6.07) is 9.44. The zero-order valence-electron chi connectivity index (χ0n) is 23.7. The molecule has 0 bridgehead atoms. The van der Waals surface area contributed by atoms with Crippen LogP contribution in [0.5, 0.6) is 0 Å². The van der Waals surface area contributed by atoms with Crippen LogP contribution in [0.2, 0.25) is 0 Å². The van der Waals surface area contributed by atoms with Crippen molar-refractivity contribution in [2.24, 2.45) is 0 Å². The smallest absolute Gasteiger partial charge is 0.349 e. The van der Waals surface area contributed by atoms with Crippen LogP contribution in [0.3, 0.4) is 0 Å². The van der Waals surface area contributed by atoms with E-state index in [0.29, 0.717) is 42.9 Å². The second-order valence-corrected chi connectivity index (χ2v) is 12.8. The number of thiophene rings is 1. The van der Waals surface area contributed by atoms with Gasteiger partial charge in [0.05, 0.1) is 12.0 Å². The number of urea groups is 1. The maximum Gasteiger partial charge on any atom is 0.349 e. The molecular weight excluding hydrogens is 628 g/mol. The van der Waals surface area contributed by atoms with Gasteiger partial charge in [-0.25, -0.2) is 23.0 Å². The van der Waals surface area contributed by atoms with E-state index in [1.807, 2.05) is 15.5 Å². The molecule has 2 aliphatic rings. The third kappa shape index (κ3) is 6.74. The number of aromatic nitrogens is 1. The first kappa shape index (κ1) is 31.4. The number of anilines is 1. The van der Waals surface area contributed by atoms with Crippen molar-refractivity contribution in [1.82, 2.24) is 19.9 Å². The molecule has 2 aromatic heterocycles. The first-order valence-corrected chi connectivity index (χ1v) is 15.8. The number of rotatable bonds is 9. The zero-order valence-corrected chi connectivity index (χ0v) is 25.3. The number of piperidine rings is 1. The molecule has 4 heterocycles. The molecule has 15 nitrogen and oxygen atoms in total. The number of barbiturate groups is 1. The van der Waals surface area contributed by atoms with Crippen LogP contribution in [0.4, 0.5) is 16.3 Å². The zero-order chi connectivity index (χ0) is 32.3. The number of benzene rings is 1. The Hall–Kier alpha value is -5.00. The molecular formula is C28H26N6O9S2. The summed E-state index contributed by atoms with van der Waals surface area (Å²) in [7, 11) is -3.03. The second kappa shape index (κ2) is 12.9. The highest BCUT2D eigenvalue weighted by Crippen LogP contribution is 2.32. The van der Waals surface area contributed by atoms with Crippen molar-refractivity contribution < 1.29 is 37.3 Å². The minimum Gasteiger partial charge on any atom is -0.465 e. The van der Waals surface area contributed by atoms with E-state index >= 15 is 0 Å². The first-order valence-electron chi connectivity index (χ1n) is 13.5. The van der Waals surface area contributed by atoms with Gasteiger partial charge in [-0.05, 0) is 47.6 Å². The Labute approximate surface area is 260 Å². The summed E-state index contributed by atoms with van der Waals surface area (Å²) in [6.07, 6.45) is 3.30. The Morgan fingerprint density at radius 3 is 2.36 bits per heavy atom. The molecule has 0 saturated carbocycles. The fourth-order valence-electron chi connectivity index (χ4n) is 5.01. The number of nitrogens with one attached hydrogen (secondary N) is 2. The number of methoxy groups -OCH3 is 1. The van der Waals surface area contributed by atoms with E-state index in [0.717, 1.165) is 11.3 Å². The minimum atomic E-state index is -4.21. The molecule has 3 aromatic rings. The molecule has 0 aliphatic carbocycles. The summed E-state index contributed by atoms with van der Waals surface area (Å²) >= 11 is 0.962. The largest absolute Gasteiger partial charge is 0.465 e.